The van der Waals surface area contributed by atoms with Crippen molar-refractivity contribution in [2.24, 2.45) is 11.7 Å². The summed E-state index contributed by atoms with van der Waals surface area (Å²) < 4.78 is 0. The zero-order valence-electron chi connectivity index (χ0n) is 9.20. The molecular weight excluding hydrogens is 202 g/mol. The zero-order valence-corrected chi connectivity index (χ0v) is 9.20. The number of rotatable bonds is 4. The van der Waals surface area contributed by atoms with Crippen molar-refractivity contribution in [1.82, 2.24) is 5.32 Å². The third-order valence-corrected chi connectivity index (χ3v) is 2.70. The largest absolute Gasteiger partial charge is 0.338 e. The van der Waals surface area contributed by atoms with Gasteiger partial charge in [-0.1, -0.05) is 12.1 Å². The van der Waals surface area contributed by atoms with Crippen LogP contribution in [0.15, 0.2) is 24.3 Å². The lowest BCUT2D eigenvalue weighted by Crippen LogP contribution is -2.30. The van der Waals surface area contributed by atoms with E-state index in [1.165, 1.54) is 12.8 Å². The monoisotopic (exact) mass is 219 g/mol. The highest BCUT2D eigenvalue weighted by Crippen LogP contribution is 2.27. The van der Waals surface area contributed by atoms with Crippen molar-refractivity contribution >= 4 is 11.7 Å². The van der Waals surface area contributed by atoms with E-state index in [4.69, 9.17) is 5.73 Å². The number of amides is 2. The summed E-state index contributed by atoms with van der Waals surface area (Å²) in [4.78, 5) is 11.5. The summed E-state index contributed by atoms with van der Waals surface area (Å²) in [6.07, 6.45) is 2.48. The van der Waals surface area contributed by atoms with Gasteiger partial charge in [0, 0.05) is 18.8 Å². The molecule has 1 aromatic carbocycles. The molecule has 0 unspecified atom stereocenters. The van der Waals surface area contributed by atoms with Gasteiger partial charge in [-0.25, -0.2) is 4.79 Å². The van der Waals surface area contributed by atoms with Crippen LogP contribution in [0.5, 0.6) is 0 Å². The van der Waals surface area contributed by atoms with Gasteiger partial charge in [0.05, 0.1) is 0 Å². The topological polar surface area (TPSA) is 67.1 Å². The normalized spacial score (nSPS) is 14.6. The Morgan fingerprint density at radius 2 is 2.00 bits per heavy atom. The molecule has 1 fully saturated rings. The number of carbonyl (C=O) groups is 1. The Morgan fingerprint density at radius 3 is 2.56 bits per heavy atom. The molecular formula is C12H17N3O. The van der Waals surface area contributed by atoms with Gasteiger partial charge in [-0.3, -0.25) is 0 Å². The Labute approximate surface area is 95.2 Å². The van der Waals surface area contributed by atoms with Gasteiger partial charge in [-0.2, -0.15) is 0 Å². The summed E-state index contributed by atoms with van der Waals surface area (Å²) in [6, 6.07) is 7.41. The molecule has 1 aliphatic rings. The zero-order chi connectivity index (χ0) is 11.4. The van der Waals surface area contributed by atoms with Crippen LogP contribution in [0, 0.1) is 5.92 Å². The van der Waals surface area contributed by atoms with Crippen molar-refractivity contribution in [3.63, 3.8) is 0 Å². The third-order valence-electron chi connectivity index (χ3n) is 2.70. The maximum Gasteiger partial charge on any atom is 0.319 e. The van der Waals surface area contributed by atoms with Gasteiger partial charge in [0.1, 0.15) is 0 Å². The van der Waals surface area contributed by atoms with Gasteiger partial charge in [-0.05, 0) is 36.5 Å². The number of hydrogen-bond acceptors (Lipinski definition) is 2. The predicted octanol–water partition coefficient (Wildman–Crippen LogP) is 1.68. The third kappa shape index (κ3) is 3.24. The molecule has 0 atom stereocenters. The molecule has 0 bridgehead atoms. The number of anilines is 1. The minimum Gasteiger partial charge on any atom is -0.338 e. The Bertz CT molecular complexity index is 357. The maximum atomic E-state index is 11.5. The first kappa shape index (κ1) is 11.0. The summed E-state index contributed by atoms with van der Waals surface area (Å²) in [5, 5.41) is 5.63. The number of hydrogen-bond donors (Lipinski definition) is 3. The molecule has 0 spiro atoms. The minimum atomic E-state index is -0.132. The van der Waals surface area contributed by atoms with Crippen LogP contribution in [0.1, 0.15) is 18.4 Å². The van der Waals surface area contributed by atoms with E-state index in [1.807, 2.05) is 24.3 Å². The van der Waals surface area contributed by atoms with Crippen LogP contribution in [0.2, 0.25) is 0 Å². The molecule has 2 amide bonds. The van der Waals surface area contributed by atoms with Crippen molar-refractivity contribution < 1.29 is 4.79 Å². The van der Waals surface area contributed by atoms with Crippen LogP contribution in [0.25, 0.3) is 0 Å². The predicted molar refractivity (Wildman–Crippen MR) is 64.1 cm³/mol. The van der Waals surface area contributed by atoms with Gasteiger partial charge in [0.2, 0.25) is 0 Å². The first-order valence-electron chi connectivity index (χ1n) is 5.62. The highest BCUT2D eigenvalue weighted by molar-refractivity contribution is 5.89. The highest BCUT2D eigenvalue weighted by Gasteiger charge is 2.21. The number of carbonyl (C=O) groups excluding carboxylic acids is 1. The molecule has 16 heavy (non-hydrogen) atoms. The molecule has 0 radical (unpaired) electrons. The fourth-order valence-corrected chi connectivity index (χ4v) is 1.46. The molecule has 2 rings (SSSR count). The summed E-state index contributed by atoms with van der Waals surface area (Å²) in [5.41, 5.74) is 7.35. The van der Waals surface area contributed by atoms with E-state index in [1.54, 1.807) is 0 Å². The number of benzene rings is 1. The number of urea groups is 1. The van der Waals surface area contributed by atoms with Gasteiger partial charge in [0.15, 0.2) is 0 Å². The molecule has 4 nitrogen and oxygen atoms in total. The Kier molecular flexibility index (Phi) is 3.41. The summed E-state index contributed by atoms with van der Waals surface area (Å²) in [6.45, 7) is 1.31. The molecule has 4 heteroatoms. The first-order valence-corrected chi connectivity index (χ1v) is 5.62. The Morgan fingerprint density at radius 1 is 1.31 bits per heavy atom. The van der Waals surface area contributed by atoms with Crippen LogP contribution < -0.4 is 16.4 Å². The quantitative estimate of drug-likeness (QED) is 0.721. The van der Waals surface area contributed by atoms with Crippen LogP contribution in [-0.4, -0.2) is 12.6 Å². The molecule has 0 saturated heterocycles. The van der Waals surface area contributed by atoms with Gasteiger partial charge >= 0.3 is 6.03 Å². The van der Waals surface area contributed by atoms with E-state index in [0.717, 1.165) is 17.8 Å². The van der Waals surface area contributed by atoms with Crippen LogP contribution in [-0.2, 0) is 6.54 Å². The van der Waals surface area contributed by atoms with Crippen LogP contribution in [0.3, 0.4) is 0 Å². The van der Waals surface area contributed by atoms with E-state index >= 15 is 0 Å². The van der Waals surface area contributed by atoms with E-state index in [-0.39, 0.29) is 6.03 Å². The van der Waals surface area contributed by atoms with E-state index < -0.39 is 0 Å². The van der Waals surface area contributed by atoms with Crippen molar-refractivity contribution in [2.75, 3.05) is 11.9 Å². The van der Waals surface area contributed by atoms with E-state index in [9.17, 15) is 4.79 Å². The lowest BCUT2D eigenvalue weighted by molar-refractivity contribution is 0.251. The van der Waals surface area contributed by atoms with E-state index in [2.05, 4.69) is 10.6 Å². The number of nitrogens with two attached hydrogens (primary N) is 1. The maximum absolute atomic E-state index is 11.5. The molecule has 1 aromatic rings. The van der Waals surface area contributed by atoms with Gasteiger partial charge in [0.25, 0.3) is 0 Å². The van der Waals surface area contributed by atoms with Crippen molar-refractivity contribution in [3.05, 3.63) is 29.8 Å². The van der Waals surface area contributed by atoms with Gasteiger partial charge in [-0.15, -0.1) is 0 Å². The molecule has 1 saturated carbocycles. The molecule has 0 aliphatic heterocycles. The second kappa shape index (κ2) is 4.99. The molecule has 0 heterocycles. The fraction of sp³-hybridized carbons (Fsp3) is 0.417. The molecule has 86 valence electrons. The standard InChI is InChI=1S/C12H17N3O/c13-7-9-3-5-11(6-4-9)15-12(16)14-8-10-1-2-10/h3-6,10H,1-2,7-8,13H2,(H2,14,15,16). The minimum absolute atomic E-state index is 0.132. The smallest absolute Gasteiger partial charge is 0.319 e. The van der Waals surface area contributed by atoms with Crippen molar-refractivity contribution in [1.29, 1.82) is 0 Å². The van der Waals surface area contributed by atoms with Gasteiger partial charge < -0.3 is 16.4 Å². The second-order valence-electron chi connectivity index (χ2n) is 4.18. The lowest BCUT2D eigenvalue weighted by atomic mass is 10.2. The number of nitrogens with one attached hydrogen (secondary N) is 2. The summed E-state index contributed by atoms with van der Waals surface area (Å²) >= 11 is 0. The van der Waals surface area contributed by atoms with Crippen molar-refractivity contribution in [2.45, 2.75) is 19.4 Å². The average molecular weight is 219 g/mol. The highest BCUT2D eigenvalue weighted by atomic mass is 16.2. The Balaban J connectivity index is 1.79. The molecule has 1 aliphatic carbocycles. The first-order chi connectivity index (χ1) is 7.78. The van der Waals surface area contributed by atoms with Crippen LogP contribution in [0.4, 0.5) is 10.5 Å². The Hall–Kier alpha value is -1.55. The fourth-order valence-electron chi connectivity index (χ4n) is 1.46. The summed E-state index contributed by atoms with van der Waals surface area (Å²) in [7, 11) is 0. The summed E-state index contributed by atoms with van der Waals surface area (Å²) in [5.74, 6) is 0.699. The SMILES string of the molecule is NCc1ccc(NC(=O)NCC2CC2)cc1. The lowest BCUT2D eigenvalue weighted by Gasteiger charge is -2.07. The average Bonchev–Trinajstić information content (AvgIpc) is 3.11. The molecule has 4 N–H and O–H groups in total. The second-order valence-corrected chi connectivity index (χ2v) is 4.18. The van der Waals surface area contributed by atoms with E-state index in [0.29, 0.717) is 12.5 Å². The van der Waals surface area contributed by atoms with Crippen LogP contribution >= 0.6 is 0 Å². The molecule has 0 aromatic heterocycles. The van der Waals surface area contributed by atoms with Crippen molar-refractivity contribution in [3.8, 4) is 0 Å².